The Labute approximate surface area is 174 Å². The van der Waals surface area contributed by atoms with Crippen molar-refractivity contribution in [2.45, 2.75) is 11.8 Å². The molecule has 1 aliphatic rings. The molecule has 2 heterocycles. The van der Waals surface area contributed by atoms with Crippen molar-refractivity contribution in [2.24, 2.45) is 0 Å². The highest BCUT2D eigenvalue weighted by Crippen LogP contribution is 2.17. The van der Waals surface area contributed by atoms with Crippen LogP contribution in [0.3, 0.4) is 0 Å². The first-order valence-electron chi connectivity index (χ1n) is 9.54. The monoisotopic (exact) mass is 415 g/mol. The van der Waals surface area contributed by atoms with Crippen molar-refractivity contribution < 1.29 is 19.1 Å². The van der Waals surface area contributed by atoms with Crippen molar-refractivity contribution in [1.29, 1.82) is 0 Å². The molecule has 0 radical (unpaired) electrons. The van der Waals surface area contributed by atoms with Gasteiger partial charge in [0.25, 0.3) is 5.91 Å². The Bertz CT molecular complexity index is 806. The number of aryl methyl sites for hydroxylation is 1. The smallest absolute Gasteiger partial charge is 0.340 e. The van der Waals surface area contributed by atoms with Gasteiger partial charge in [-0.2, -0.15) is 0 Å². The summed E-state index contributed by atoms with van der Waals surface area (Å²) in [6.45, 7) is 5.14. The number of rotatable bonds is 8. The molecule has 0 bridgehead atoms. The third-order valence-electron chi connectivity index (χ3n) is 4.37. The summed E-state index contributed by atoms with van der Waals surface area (Å²) in [7, 11) is 0. The molecule has 0 saturated carbocycles. The number of pyridine rings is 1. The highest BCUT2D eigenvalue weighted by molar-refractivity contribution is 7.99. The molecule has 1 N–H and O–H groups in total. The first-order chi connectivity index (χ1) is 14.1. The number of aromatic nitrogens is 1. The van der Waals surface area contributed by atoms with Gasteiger partial charge in [-0.15, -0.1) is 11.8 Å². The molecule has 1 fully saturated rings. The Hall–Kier alpha value is -2.58. The fourth-order valence-corrected chi connectivity index (χ4v) is 3.51. The maximum absolute atomic E-state index is 12.1. The van der Waals surface area contributed by atoms with E-state index in [0.29, 0.717) is 25.3 Å². The molecule has 2 aromatic rings. The fourth-order valence-electron chi connectivity index (χ4n) is 2.75. The summed E-state index contributed by atoms with van der Waals surface area (Å²) < 4.78 is 10.4. The van der Waals surface area contributed by atoms with Crippen LogP contribution in [0.15, 0.2) is 47.5 Å². The van der Waals surface area contributed by atoms with E-state index >= 15 is 0 Å². The number of thioether (sulfide) groups is 1. The van der Waals surface area contributed by atoms with E-state index in [1.807, 2.05) is 6.92 Å². The third kappa shape index (κ3) is 6.76. The molecule has 7 nitrogen and oxygen atoms in total. The first kappa shape index (κ1) is 21.1. The van der Waals surface area contributed by atoms with Gasteiger partial charge in [0.2, 0.25) is 0 Å². The lowest BCUT2D eigenvalue weighted by atomic mass is 10.2. The lowest BCUT2D eigenvalue weighted by Gasteiger charge is -2.27. The summed E-state index contributed by atoms with van der Waals surface area (Å²) in [6, 6.07) is 11.7. The number of carbonyl (C=O) groups excluding carboxylic acids is 2. The van der Waals surface area contributed by atoms with Crippen molar-refractivity contribution in [3.8, 4) is 0 Å². The number of morpholine rings is 1. The summed E-state index contributed by atoms with van der Waals surface area (Å²) >= 11 is 1.66. The number of esters is 1. The zero-order chi connectivity index (χ0) is 20.5. The van der Waals surface area contributed by atoms with Crippen LogP contribution in [-0.4, -0.2) is 62.1 Å². The van der Waals surface area contributed by atoms with Crippen LogP contribution in [0.5, 0.6) is 0 Å². The largest absolute Gasteiger partial charge is 0.452 e. The Balaban J connectivity index is 1.35. The van der Waals surface area contributed by atoms with Gasteiger partial charge >= 0.3 is 5.97 Å². The van der Waals surface area contributed by atoms with E-state index in [0.717, 1.165) is 29.6 Å². The van der Waals surface area contributed by atoms with Gasteiger partial charge in [0.1, 0.15) is 5.82 Å². The molecule has 154 valence electrons. The zero-order valence-electron chi connectivity index (χ0n) is 16.4. The quantitative estimate of drug-likeness (QED) is 0.402. The van der Waals surface area contributed by atoms with Gasteiger partial charge in [-0.25, -0.2) is 9.78 Å². The molecule has 0 spiro atoms. The SMILES string of the molecule is Cc1ccc(SCCNC(=O)COC(=O)c2ccc(N3CCOCC3)nc2)cc1. The summed E-state index contributed by atoms with van der Waals surface area (Å²) in [5, 5.41) is 2.75. The number of hydrogen-bond acceptors (Lipinski definition) is 7. The molecule has 1 aliphatic heterocycles. The predicted octanol–water partition coefficient (Wildman–Crippen LogP) is 2.29. The minimum absolute atomic E-state index is 0.306. The van der Waals surface area contributed by atoms with Crippen LogP contribution in [0.25, 0.3) is 0 Å². The summed E-state index contributed by atoms with van der Waals surface area (Å²) in [6.07, 6.45) is 1.48. The minimum Gasteiger partial charge on any atom is -0.452 e. The number of ether oxygens (including phenoxy) is 2. The Kier molecular flexibility index (Phi) is 7.89. The van der Waals surface area contributed by atoms with Crippen molar-refractivity contribution in [3.63, 3.8) is 0 Å². The van der Waals surface area contributed by atoms with E-state index in [4.69, 9.17) is 9.47 Å². The summed E-state index contributed by atoms with van der Waals surface area (Å²) in [4.78, 5) is 31.5. The molecule has 3 rings (SSSR count). The van der Waals surface area contributed by atoms with Crippen LogP contribution >= 0.6 is 11.8 Å². The second-order valence-corrected chi connectivity index (χ2v) is 7.76. The Morgan fingerprint density at radius 1 is 1.17 bits per heavy atom. The Morgan fingerprint density at radius 2 is 1.93 bits per heavy atom. The Morgan fingerprint density at radius 3 is 2.62 bits per heavy atom. The number of nitrogens with zero attached hydrogens (tertiary/aromatic N) is 2. The van der Waals surface area contributed by atoms with Gasteiger partial charge in [0.15, 0.2) is 6.61 Å². The van der Waals surface area contributed by atoms with E-state index in [9.17, 15) is 9.59 Å². The van der Waals surface area contributed by atoms with Crippen molar-refractivity contribution >= 4 is 29.5 Å². The molecule has 8 heteroatoms. The third-order valence-corrected chi connectivity index (χ3v) is 5.38. The normalized spacial score (nSPS) is 13.8. The number of amides is 1. The van der Waals surface area contributed by atoms with Crippen LogP contribution in [0.1, 0.15) is 15.9 Å². The predicted molar refractivity (Wildman–Crippen MR) is 112 cm³/mol. The number of nitrogens with one attached hydrogen (secondary N) is 1. The van der Waals surface area contributed by atoms with E-state index in [1.165, 1.54) is 11.8 Å². The average Bonchev–Trinajstić information content (AvgIpc) is 2.77. The zero-order valence-corrected chi connectivity index (χ0v) is 17.2. The average molecular weight is 416 g/mol. The lowest BCUT2D eigenvalue weighted by molar-refractivity contribution is -0.124. The van der Waals surface area contributed by atoms with Gasteiger partial charge in [0, 0.05) is 36.5 Å². The number of anilines is 1. The standard InChI is InChI=1S/C21H25N3O4S/c1-16-2-5-18(6-3-16)29-13-8-22-20(25)15-28-21(26)17-4-7-19(23-14-17)24-9-11-27-12-10-24/h2-7,14H,8-13,15H2,1H3,(H,22,25). The maximum Gasteiger partial charge on any atom is 0.340 e. The van der Waals surface area contributed by atoms with Gasteiger partial charge in [-0.1, -0.05) is 17.7 Å². The molecule has 0 unspecified atom stereocenters. The van der Waals surface area contributed by atoms with Crippen molar-refractivity contribution in [3.05, 3.63) is 53.7 Å². The molecule has 1 aromatic heterocycles. The maximum atomic E-state index is 12.1. The van der Waals surface area contributed by atoms with E-state index in [2.05, 4.69) is 39.5 Å². The second-order valence-electron chi connectivity index (χ2n) is 6.59. The van der Waals surface area contributed by atoms with Crippen LogP contribution in [0.4, 0.5) is 5.82 Å². The molecular weight excluding hydrogens is 390 g/mol. The van der Waals surface area contributed by atoms with Crippen LogP contribution < -0.4 is 10.2 Å². The molecule has 1 saturated heterocycles. The number of hydrogen-bond donors (Lipinski definition) is 1. The molecule has 1 amide bonds. The number of benzene rings is 1. The van der Waals surface area contributed by atoms with Crippen molar-refractivity contribution in [2.75, 3.05) is 50.1 Å². The highest BCUT2D eigenvalue weighted by Gasteiger charge is 2.14. The minimum atomic E-state index is -0.560. The molecule has 1 aromatic carbocycles. The summed E-state index contributed by atoms with van der Waals surface area (Å²) in [5.41, 5.74) is 1.54. The number of carbonyl (C=O) groups is 2. The van der Waals surface area contributed by atoms with Crippen LogP contribution in [0.2, 0.25) is 0 Å². The second kappa shape index (κ2) is 10.8. The topological polar surface area (TPSA) is 80.8 Å². The molecule has 29 heavy (non-hydrogen) atoms. The van der Waals surface area contributed by atoms with Gasteiger partial charge < -0.3 is 19.7 Å². The lowest BCUT2D eigenvalue weighted by Crippen LogP contribution is -2.36. The summed E-state index contributed by atoms with van der Waals surface area (Å²) in [5.74, 6) is 0.667. The van der Waals surface area contributed by atoms with E-state index < -0.39 is 5.97 Å². The molecule has 0 aliphatic carbocycles. The first-order valence-corrected chi connectivity index (χ1v) is 10.5. The fraction of sp³-hybridized carbons (Fsp3) is 0.381. The van der Waals surface area contributed by atoms with E-state index in [-0.39, 0.29) is 12.5 Å². The van der Waals surface area contributed by atoms with Crippen molar-refractivity contribution in [1.82, 2.24) is 10.3 Å². The van der Waals surface area contributed by atoms with Gasteiger partial charge in [0.05, 0.1) is 18.8 Å². The molecular formula is C21H25N3O4S. The van der Waals surface area contributed by atoms with E-state index in [1.54, 1.807) is 23.9 Å². The molecule has 0 atom stereocenters. The van der Waals surface area contributed by atoms with Gasteiger partial charge in [-0.3, -0.25) is 4.79 Å². The van der Waals surface area contributed by atoms with Crippen LogP contribution in [0, 0.1) is 6.92 Å². The van der Waals surface area contributed by atoms with Crippen LogP contribution in [-0.2, 0) is 14.3 Å². The van der Waals surface area contributed by atoms with Gasteiger partial charge in [-0.05, 0) is 31.2 Å². The highest BCUT2D eigenvalue weighted by atomic mass is 32.2.